The van der Waals surface area contributed by atoms with E-state index in [4.69, 9.17) is 5.26 Å². The molecule has 0 spiro atoms. The minimum Gasteiger partial charge on any atom is -0.390 e. The predicted molar refractivity (Wildman–Crippen MR) is 76.9 cm³/mol. The van der Waals surface area contributed by atoms with Crippen LogP contribution in [-0.2, 0) is 6.42 Å². The lowest BCUT2D eigenvalue weighted by Crippen LogP contribution is -2.56. The predicted octanol–water partition coefficient (Wildman–Crippen LogP) is 3.43. The maximum Gasteiger partial charge on any atom is 0.0991 e. The van der Waals surface area contributed by atoms with Crippen molar-refractivity contribution < 1.29 is 5.11 Å². The van der Waals surface area contributed by atoms with Crippen molar-refractivity contribution in [3.63, 3.8) is 0 Å². The van der Waals surface area contributed by atoms with Crippen molar-refractivity contribution in [2.45, 2.75) is 50.5 Å². The Morgan fingerprint density at radius 1 is 1.10 bits per heavy atom. The summed E-state index contributed by atoms with van der Waals surface area (Å²) in [4.78, 5) is 0. The van der Waals surface area contributed by atoms with E-state index in [0.717, 1.165) is 43.1 Å². The molecule has 5 rings (SSSR count). The zero-order valence-electron chi connectivity index (χ0n) is 11.8. The Morgan fingerprint density at radius 3 is 2.30 bits per heavy atom. The Balaban J connectivity index is 1.60. The minimum absolute atomic E-state index is 0.326. The summed E-state index contributed by atoms with van der Waals surface area (Å²) >= 11 is 0. The van der Waals surface area contributed by atoms with E-state index in [0.29, 0.717) is 5.41 Å². The average Bonchev–Trinajstić information content (AvgIpc) is 2.36. The normalized spacial score (nSPS) is 41.6. The Hall–Kier alpha value is -1.33. The molecule has 0 aromatic heterocycles. The van der Waals surface area contributed by atoms with Crippen molar-refractivity contribution in [2.75, 3.05) is 0 Å². The number of benzene rings is 1. The van der Waals surface area contributed by atoms with Gasteiger partial charge in [-0.05, 0) is 79.9 Å². The van der Waals surface area contributed by atoms with Gasteiger partial charge < -0.3 is 5.11 Å². The summed E-state index contributed by atoms with van der Waals surface area (Å²) in [5, 5.41) is 19.7. The van der Waals surface area contributed by atoms with Crippen LogP contribution in [0.25, 0.3) is 0 Å². The molecule has 1 aromatic rings. The topological polar surface area (TPSA) is 44.0 Å². The molecule has 2 heteroatoms. The fourth-order valence-corrected chi connectivity index (χ4v) is 5.74. The largest absolute Gasteiger partial charge is 0.390 e. The van der Waals surface area contributed by atoms with Gasteiger partial charge in [0.2, 0.25) is 0 Å². The highest BCUT2D eigenvalue weighted by Crippen LogP contribution is 2.62. The zero-order valence-corrected chi connectivity index (χ0v) is 11.8. The van der Waals surface area contributed by atoms with E-state index < -0.39 is 0 Å². The summed E-state index contributed by atoms with van der Waals surface area (Å²) in [5.41, 5.74) is 2.02. The number of hydrogen-bond donors (Lipinski definition) is 1. The van der Waals surface area contributed by atoms with Gasteiger partial charge in [0.25, 0.3) is 0 Å². The molecule has 2 unspecified atom stereocenters. The molecule has 104 valence electrons. The highest BCUT2D eigenvalue weighted by Gasteiger charge is 2.56. The monoisotopic (exact) mass is 267 g/mol. The molecule has 0 amide bonds. The Kier molecular flexibility index (Phi) is 2.54. The zero-order chi connectivity index (χ0) is 13.8. The van der Waals surface area contributed by atoms with Crippen molar-refractivity contribution in [1.82, 2.24) is 0 Å². The van der Waals surface area contributed by atoms with Crippen LogP contribution < -0.4 is 0 Å². The quantitative estimate of drug-likeness (QED) is 0.892. The van der Waals surface area contributed by atoms with Gasteiger partial charge in [-0.15, -0.1) is 0 Å². The molecule has 4 aliphatic rings. The molecule has 1 aromatic carbocycles. The summed E-state index contributed by atoms with van der Waals surface area (Å²) in [6, 6.07) is 10.2. The van der Waals surface area contributed by atoms with E-state index in [1.807, 2.05) is 12.1 Å². The lowest BCUT2D eigenvalue weighted by molar-refractivity contribution is -0.163. The summed E-state index contributed by atoms with van der Waals surface area (Å²) < 4.78 is 0. The van der Waals surface area contributed by atoms with E-state index in [1.54, 1.807) is 0 Å². The standard InChI is InChI=1S/C18H21NO/c19-11-14-3-1-13(2-4-14)6-17-7-15-5-16(8-17)10-18(20,9-15)12-17/h1-4,15-16,20H,5-10,12H2. The first-order valence-electron chi connectivity index (χ1n) is 7.80. The third kappa shape index (κ3) is 1.96. The molecule has 0 saturated heterocycles. The summed E-state index contributed by atoms with van der Waals surface area (Å²) in [7, 11) is 0. The van der Waals surface area contributed by atoms with E-state index in [2.05, 4.69) is 18.2 Å². The van der Waals surface area contributed by atoms with Crippen molar-refractivity contribution in [1.29, 1.82) is 5.26 Å². The third-order valence-electron chi connectivity index (χ3n) is 5.81. The second-order valence-electron chi connectivity index (χ2n) is 7.67. The van der Waals surface area contributed by atoms with Gasteiger partial charge in [-0.2, -0.15) is 5.26 Å². The van der Waals surface area contributed by atoms with Gasteiger partial charge >= 0.3 is 0 Å². The first-order chi connectivity index (χ1) is 9.58. The maximum atomic E-state index is 10.8. The average molecular weight is 267 g/mol. The smallest absolute Gasteiger partial charge is 0.0991 e. The molecule has 1 N–H and O–H groups in total. The highest BCUT2D eigenvalue weighted by molar-refractivity contribution is 5.32. The Morgan fingerprint density at radius 2 is 1.75 bits per heavy atom. The number of aliphatic hydroxyl groups is 1. The van der Waals surface area contributed by atoms with Crippen LogP contribution in [-0.4, -0.2) is 10.7 Å². The number of nitrogens with zero attached hydrogens (tertiary/aromatic N) is 1. The fourth-order valence-electron chi connectivity index (χ4n) is 5.74. The molecule has 0 aliphatic heterocycles. The first-order valence-corrected chi connectivity index (χ1v) is 7.80. The molecule has 4 saturated carbocycles. The van der Waals surface area contributed by atoms with E-state index in [1.165, 1.54) is 24.8 Å². The van der Waals surface area contributed by atoms with Crippen molar-refractivity contribution in [2.24, 2.45) is 17.3 Å². The lowest BCUT2D eigenvalue weighted by atomic mass is 9.47. The number of nitriles is 1. The molecular weight excluding hydrogens is 246 g/mol. The van der Waals surface area contributed by atoms with Gasteiger partial charge in [0.15, 0.2) is 0 Å². The molecule has 2 nitrogen and oxygen atoms in total. The summed E-state index contributed by atoms with van der Waals surface area (Å²) in [6.45, 7) is 0. The molecule has 4 fully saturated rings. The first kappa shape index (κ1) is 12.4. The lowest BCUT2D eigenvalue weighted by Gasteiger charge is -2.60. The molecule has 0 heterocycles. The van der Waals surface area contributed by atoms with Gasteiger partial charge in [0.05, 0.1) is 17.2 Å². The van der Waals surface area contributed by atoms with E-state index in [-0.39, 0.29) is 5.60 Å². The van der Waals surface area contributed by atoms with Gasteiger partial charge in [-0.25, -0.2) is 0 Å². The van der Waals surface area contributed by atoms with Crippen LogP contribution in [0.2, 0.25) is 0 Å². The fraction of sp³-hybridized carbons (Fsp3) is 0.611. The van der Waals surface area contributed by atoms with Crippen LogP contribution >= 0.6 is 0 Å². The van der Waals surface area contributed by atoms with Crippen LogP contribution in [0.15, 0.2) is 24.3 Å². The third-order valence-corrected chi connectivity index (χ3v) is 5.81. The second kappa shape index (κ2) is 4.09. The molecular formula is C18H21NO. The summed E-state index contributed by atoms with van der Waals surface area (Å²) in [6.07, 6.45) is 8.09. The molecule has 4 bridgehead atoms. The molecule has 2 atom stereocenters. The Labute approximate surface area is 120 Å². The van der Waals surface area contributed by atoms with Crippen molar-refractivity contribution in [3.8, 4) is 6.07 Å². The number of hydrogen-bond acceptors (Lipinski definition) is 2. The molecule has 20 heavy (non-hydrogen) atoms. The van der Waals surface area contributed by atoms with Crippen LogP contribution in [0, 0.1) is 28.6 Å². The number of rotatable bonds is 2. The molecule has 4 aliphatic carbocycles. The van der Waals surface area contributed by atoms with Gasteiger partial charge in [0, 0.05) is 0 Å². The minimum atomic E-state index is -0.364. The van der Waals surface area contributed by atoms with Gasteiger partial charge in [-0.3, -0.25) is 0 Å². The van der Waals surface area contributed by atoms with Gasteiger partial charge in [0.1, 0.15) is 0 Å². The summed E-state index contributed by atoms with van der Waals surface area (Å²) in [5.74, 6) is 1.50. The van der Waals surface area contributed by atoms with Gasteiger partial charge in [-0.1, -0.05) is 12.1 Å². The van der Waals surface area contributed by atoms with E-state index in [9.17, 15) is 5.11 Å². The SMILES string of the molecule is N#Cc1ccc(CC23CC4CC(CC(O)(C4)C2)C3)cc1. The Bertz CT molecular complexity index is 554. The molecule has 0 radical (unpaired) electrons. The maximum absolute atomic E-state index is 10.8. The van der Waals surface area contributed by atoms with Crippen LogP contribution in [0.5, 0.6) is 0 Å². The van der Waals surface area contributed by atoms with Crippen LogP contribution in [0.1, 0.15) is 49.7 Å². The van der Waals surface area contributed by atoms with Crippen LogP contribution in [0.3, 0.4) is 0 Å². The second-order valence-corrected chi connectivity index (χ2v) is 7.67. The van der Waals surface area contributed by atoms with E-state index >= 15 is 0 Å². The van der Waals surface area contributed by atoms with Crippen LogP contribution in [0.4, 0.5) is 0 Å². The highest BCUT2D eigenvalue weighted by atomic mass is 16.3. The van der Waals surface area contributed by atoms with Crippen molar-refractivity contribution in [3.05, 3.63) is 35.4 Å². The van der Waals surface area contributed by atoms with Crippen molar-refractivity contribution >= 4 is 0 Å².